The number of esters is 1. The van der Waals surface area contributed by atoms with Gasteiger partial charge in [-0.05, 0) is 20.8 Å². The van der Waals surface area contributed by atoms with Gasteiger partial charge in [0.05, 0.1) is 11.1 Å². The van der Waals surface area contributed by atoms with E-state index in [1.54, 1.807) is 25.2 Å². The van der Waals surface area contributed by atoms with E-state index in [0.29, 0.717) is 5.82 Å². The minimum absolute atomic E-state index is 0.138. The molecule has 0 aromatic carbocycles. The number of aryl methyl sites for hydroxylation is 1. The van der Waals surface area contributed by atoms with Crippen LogP contribution in [0.15, 0.2) is 17.8 Å². The Morgan fingerprint density at radius 1 is 1.53 bits per heavy atom. The van der Waals surface area contributed by atoms with Crippen molar-refractivity contribution in [1.29, 1.82) is 0 Å². The van der Waals surface area contributed by atoms with E-state index in [0.717, 1.165) is 10.7 Å². The molecule has 2 aromatic heterocycles. The topological polar surface area (TPSA) is 69.9 Å². The molecule has 0 fully saturated rings. The van der Waals surface area contributed by atoms with E-state index < -0.39 is 5.97 Å². The molecule has 6 nitrogen and oxygen atoms in total. The smallest absolute Gasteiger partial charge is 0.332 e. The van der Waals surface area contributed by atoms with Crippen LogP contribution in [0.25, 0.3) is 17.7 Å². The maximum absolute atomic E-state index is 11.3. The molecule has 0 aliphatic heterocycles. The summed E-state index contributed by atoms with van der Waals surface area (Å²) in [6.45, 7) is 5.51. The van der Waals surface area contributed by atoms with Crippen LogP contribution in [0, 0.1) is 6.92 Å². The minimum Gasteiger partial charge on any atom is -0.460 e. The molecule has 0 bridgehead atoms. The van der Waals surface area contributed by atoms with Crippen molar-refractivity contribution in [1.82, 2.24) is 19.7 Å². The molecule has 0 saturated heterocycles. The van der Waals surface area contributed by atoms with E-state index in [1.165, 1.54) is 23.3 Å². The fraction of sp³-hybridized carbons (Fsp3) is 0.333. The summed E-state index contributed by atoms with van der Waals surface area (Å²) >= 11 is 1.54. The van der Waals surface area contributed by atoms with Crippen LogP contribution in [0.4, 0.5) is 0 Å². The van der Waals surface area contributed by atoms with Crippen molar-refractivity contribution in [3.05, 3.63) is 22.8 Å². The average Bonchev–Trinajstić information content (AvgIpc) is 2.94. The Morgan fingerprint density at radius 2 is 2.32 bits per heavy atom. The van der Waals surface area contributed by atoms with E-state index >= 15 is 0 Å². The summed E-state index contributed by atoms with van der Waals surface area (Å²) in [6, 6.07) is 0. The van der Waals surface area contributed by atoms with Gasteiger partial charge in [0, 0.05) is 17.7 Å². The highest BCUT2D eigenvalue weighted by Crippen LogP contribution is 2.17. The first-order valence-electron chi connectivity index (χ1n) is 5.77. The average molecular weight is 278 g/mol. The first kappa shape index (κ1) is 13.4. The van der Waals surface area contributed by atoms with Crippen LogP contribution in [0.5, 0.6) is 0 Å². The van der Waals surface area contributed by atoms with E-state index in [1.807, 2.05) is 12.3 Å². The lowest BCUT2D eigenvalue weighted by molar-refractivity contribution is -0.141. The van der Waals surface area contributed by atoms with Crippen molar-refractivity contribution < 1.29 is 9.53 Å². The van der Waals surface area contributed by atoms with Crippen molar-refractivity contribution in [3.63, 3.8) is 0 Å². The van der Waals surface area contributed by atoms with E-state index in [-0.39, 0.29) is 6.10 Å². The maximum atomic E-state index is 11.3. The van der Waals surface area contributed by atoms with Gasteiger partial charge < -0.3 is 4.74 Å². The largest absolute Gasteiger partial charge is 0.460 e. The van der Waals surface area contributed by atoms with E-state index in [4.69, 9.17) is 4.74 Å². The molecular formula is C12H14N4O2S. The fourth-order valence-corrected chi connectivity index (χ4v) is 1.93. The molecule has 0 saturated carbocycles. The number of hydrogen-bond acceptors (Lipinski definition) is 6. The number of aromatic nitrogens is 4. The number of nitrogens with zero attached hydrogens (tertiary/aromatic N) is 4. The lowest BCUT2D eigenvalue weighted by Crippen LogP contribution is -2.08. The Bertz CT molecular complexity index is 600. The SMILES string of the molecule is Cc1nc(-c2ncn(/C=C\C(=O)OC(C)C)n2)cs1. The third-order valence-corrected chi connectivity index (χ3v) is 2.85. The van der Waals surface area contributed by atoms with Gasteiger partial charge in [0.15, 0.2) is 0 Å². The van der Waals surface area contributed by atoms with Crippen LogP contribution in [0.3, 0.4) is 0 Å². The normalized spacial score (nSPS) is 11.4. The number of ether oxygens (including phenoxy) is 1. The lowest BCUT2D eigenvalue weighted by atomic mass is 10.5. The molecule has 0 aliphatic carbocycles. The van der Waals surface area contributed by atoms with Gasteiger partial charge >= 0.3 is 5.97 Å². The monoisotopic (exact) mass is 278 g/mol. The number of rotatable bonds is 4. The van der Waals surface area contributed by atoms with Gasteiger partial charge in [-0.3, -0.25) is 0 Å². The first-order valence-corrected chi connectivity index (χ1v) is 6.65. The Hall–Kier alpha value is -2.02. The standard InChI is InChI=1S/C12H14N4O2S/c1-8(2)18-11(17)4-5-16-7-13-12(15-16)10-6-19-9(3)14-10/h4-8H,1-3H3/b5-4-. The van der Waals surface area contributed by atoms with Crippen LogP contribution < -0.4 is 0 Å². The van der Waals surface area contributed by atoms with Crippen molar-refractivity contribution in [2.75, 3.05) is 0 Å². The summed E-state index contributed by atoms with van der Waals surface area (Å²) in [5, 5.41) is 7.06. The lowest BCUT2D eigenvalue weighted by Gasteiger charge is -2.03. The van der Waals surface area contributed by atoms with Gasteiger partial charge in [0.25, 0.3) is 0 Å². The zero-order chi connectivity index (χ0) is 13.8. The predicted octanol–water partition coefficient (Wildman–Crippen LogP) is 2.13. The number of carbonyl (C=O) groups excluding carboxylic acids is 1. The highest BCUT2D eigenvalue weighted by Gasteiger charge is 2.07. The molecule has 100 valence electrons. The van der Waals surface area contributed by atoms with Crippen molar-refractivity contribution >= 4 is 23.5 Å². The second kappa shape index (κ2) is 5.75. The molecule has 0 amide bonds. The van der Waals surface area contributed by atoms with Gasteiger partial charge in [0.1, 0.15) is 12.0 Å². The fourth-order valence-electron chi connectivity index (χ4n) is 1.34. The first-order chi connectivity index (χ1) is 9.04. The molecule has 2 aromatic rings. The molecule has 19 heavy (non-hydrogen) atoms. The van der Waals surface area contributed by atoms with Gasteiger partial charge in [-0.25, -0.2) is 19.4 Å². The van der Waals surface area contributed by atoms with Crippen molar-refractivity contribution in [2.24, 2.45) is 0 Å². The minimum atomic E-state index is -0.406. The molecule has 0 radical (unpaired) electrons. The second-order valence-corrected chi connectivity index (χ2v) is 5.16. The molecule has 0 aliphatic rings. The molecule has 0 unspecified atom stereocenters. The number of thiazole rings is 1. The maximum Gasteiger partial charge on any atom is 0.332 e. The highest BCUT2D eigenvalue weighted by atomic mass is 32.1. The van der Waals surface area contributed by atoms with Crippen LogP contribution in [-0.2, 0) is 9.53 Å². The Kier molecular flexibility index (Phi) is 4.06. The molecule has 2 rings (SSSR count). The zero-order valence-corrected chi connectivity index (χ0v) is 11.7. The molecule has 0 spiro atoms. The number of carbonyl (C=O) groups is 1. The third kappa shape index (κ3) is 3.72. The highest BCUT2D eigenvalue weighted by molar-refractivity contribution is 7.09. The molecule has 2 heterocycles. The summed E-state index contributed by atoms with van der Waals surface area (Å²) in [4.78, 5) is 19.8. The summed E-state index contributed by atoms with van der Waals surface area (Å²) < 4.78 is 6.42. The quantitative estimate of drug-likeness (QED) is 0.633. The molecular weight excluding hydrogens is 264 g/mol. The summed E-state index contributed by atoms with van der Waals surface area (Å²) in [5.74, 6) is 0.128. The zero-order valence-electron chi connectivity index (χ0n) is 10.9. The van der Waals surface area contributed by atoms with Gasteiger partial charge in [-0.2, -0.15) is 0 Å². The van der Waals surface area contributed by atoms with Crippen LogP contribution in [-0.4, -0.2) is 31.8 Å². The second-order valence-electron chi connectivity index (χ2n) is 4.10. The van der Waals surface area contributed by atoms with E-state index in [9.17, 15) is 4.79 Å². The van der Waals surface area contributed by atoms with Gasteiger partial charge in [0.2, 0.25) is 5.82 Å². The Balaban J connectivity index is 2.05. The van der Waals surface area contributed by atoms with Crippen LogP contribution >= 0.6 is 11.3 Å². The summed E-state index contributed by atoms with van der Waals surface area (Å²) in [6.07, 6.45) is 4.19. The van der Waals surface area contributed by atoms with Crippen LogP contribution in [0.1, 0.15) is 18.9 Å². The number of hydrogen-bond donors (Lipinski definition) is 0. The summed E-state index contributed by atoms with van der Waals surface area (Å²) in [5.41, 5.74) is 0.736. The van der Waals surface area contributed by atoms with Crippen LogP contribution in [0.2, 0.25) is 0 Å². The van der Waals surface area contributed by atoms with Gasteiger partial charge in [-0.15, -0.1) is 16.4 Å². The molecule has 0 atom stereocenters. The summed E-state index contributed by atoms with van der Waals surface area (Å²) in [7, 11) is 0. The predicted molar refractivity (Wildman–Crippen MR) is 72.4 cm³/mol. The Labute approximate surface area is 114 Å². The van der Waals surface area contributed by atoms with Gasteiger partial charge in [-0.1, -0.05) is 0 Å². The third-order valence-electron chi connectivity index (χ3n) is 2.07. The molecule has 7 heteroatoms. The molecule has 0 N–H and O–H groups in total. The van der Waals surface area contributed by atoms with Crippen molar-refractivity contribution in [2.45, 2.75) is 26.9 Å². The van der Waals surface area contributed by atoms with Crippen molar-refractivity contribution in [3.8, 4) is 11.5 Å². The van der Waals surface area contributed by atoms with E-state index in [2.05, 4.69) is 15.1 Å². The Morgan fingerprint density at radius 3 is 2.95 bits per heavy atom.